The highest BCUT2D eigenvalue weighted by Crippen LogP contribution is 2.21. The molecule has 0 aromatic rings. The Morgan fingerprint density at radius 3 is 2.78 bits per heavy atom. The predicted octanol–water partition coefficient (Wildman–Crippen LogP) is -0.155. The van der Waals surface area contributed by atoms with Crippen LogP contribution in [0.1, 0.15) is 32.6 Å². The van der Waals surface area contributed by atoms with Gasteiger partial charge in [-0.2, -0.15) is 17.4 Å². The summed E-state index contributed by atoms with van der Waals surface area (Å²) in [5.41, 5.74) is 0. The standard InChI is InChI=1S/C11H22N2O4S/c1-9-11(5-7-17-9)12-18(15,16)13-6-3-2-4-10(13)8-14/h9-12,14H,2-8H2,1H3. The molecule has 2 N–H and O–H groups in total. The van der Waals surface area contributed by atoms with E-state index in [2.05, 4.69) is 4.72 Å². The SMILES string of the molecule is CC1OCCC1NS(=O)(=O)N1CCCCC1CO. The van der Waals surface area contributed by atoms with E-state index in [0.717, 1.165) is 19.3 Å². The molecule has 3 unspecified atom stereocenters. The maximum atomic E-state index is 12.3. The molecule has 0 bridgehead atoms. The second-order valence-electron chi connectivity index (χ2n) is 5.04. The molecule has 0 spiro atoms. The van der Waals surface area contributed by atoms with Crippen LogP contribution in [0.2, 0.25) is 0 Å². The lowest BCUT2D eigenvalue weighted by atomic mass is 10.1. The number of nitrogens with zero attached hydrogens (tertiary/aromatic N) is 1. The first-order valence-corrected chi connectivity index (χ1v) is 8.00. The molecule has 2 rings (SSSR count). The van der Waals surface area contributed by atoms with E-state index in [9.17, 15) is 13.5 Å². The largest absolute Gasteiger partial charge is 0.395 e. The van der Waals surface area contributed by atoms with Crippen LogP contribution in [-0.2, 0) is 14.9 Å². The summed E-state index contributed by atoms with van der Waals surface area (Å²) in [6, 6.07) is -0.440. The first-order chi connectivity index (χ1) is 8.54. The highest BCUT2D eigenvalue weighted by atomic mass is 32.2. The van der Waals surface area contributed by atoms with E-state index < -0.39 is 10.2 Å². The van der Waals surface area contributed by atoms with E-state index >= 15 is 0 Å². The van der Waals surface area contributed by atoms with Gasteiger partial charge in [0, 0.05) is 19.2 Å². The fourth-order valence-electron chi connectivity index (χ4n) is 2.62. The van der Waals surface area contributed by atoms with E-state index in [1.807, 2.05) is 6.92 Å². The molecular formula is C11H22N2O4S. The van der Waals surface area contributed by atoms with Crippen molar-refractivity contribution in [1.82, 2.24) is 9.03 Å². The Bertz CT molecular complexity index is 373. The Kier molecular flexibility index (Phi) is 4.60. The van der Waals surface area contributed by atoms with Crippen LogP contribution in [0.15, 0.2) is 0 Å². The maximum Gasteiger partial charge on any atom is 0.280 e. The molecule has 2 saturated heterocycles. The number of ether oxygens (including phenoxy) is 1. The molecule has 2 aliphatic rings. The normalized spacial score (nSPS) is 34.9. The van der Waals surface area contributed by atoms with Gasteiger partial charge in [-0.3, -0.25) is 0 Å². The van der Waals surface area contributed by atoms with Crippen molar-refractivity contribution in [2.75, 3.05) is 19.8 Å². The van der Waals surface area contributed by atoms with Crippen molar-refractivity contribution in [3.63, 3.8) is 0 Å². The lowest BCUT2D eigenvalue weighted by molar-refractivity contribution is 0.115. The molecule has 0 amide bonds. The minimum atomic E-state index is -3.52. The summed E-state index contributed by atoms with van der Waals surface area (Å²) < 4.78 is 34.1. The highest BCUT2D eigenvalue weighted by Gasteiger charge is 2.35. The highest BCUT2D eigenvalue weighted by molar-refractivity contribution is 7.87. The van der Waals surface area contributed by atoms with Crippen LogP contribution in [0, 0.1) is 0 Å². The number of hydrogen-bond donors (Lipinski definition) is 2. The minimum Gasteiger partial charge on any atom is -0.395 e. The third-order valence-corrected chi connectivity index (χ3v) is 5.47. The molecule has 106 valence electrons. The van der Waals surface area contributed by atoms with E-state index in [1.165, 1.54) is 4.31 Å². The Balaban J connectivity index is 2.04. The Labute approximate surface area is 108 Å². The Morgan fingerprint density at radius 1 is 1.39 bits per heavy atom. The fourth-order valence-corrected chi connectivity index (χ4v) is 4.38. The summed E-state index contributed by atoms with van der Waals surface area (Å²) in [6.07, 6.45) is 3.18. The number of nitrogens with one attached hydrogen (secondary N) is 1. The van der Waals surface area contributed by atoms with Gasteiger partial charge in [-0.1, -0.05) is 6.42 Å². The molecule has 0 aromatic carbocycles. The number of rotatable bonds is 4. The molecule has 2 fully saturated rings. The van der Waals surface area contributed by atoms with Crippen molar-refractivity contribution in [3.05, 3.63) is 0 Å². The lowest BCUT2D eigenvalue weighted by Crippen LogP contribution is -2.53. The molecule has 18 heavy (non-hydrogen) atoms. The van der Waals surface area contributed by atoms with Crippen LogP contribution in [-0.4, -0.2) is 55.8 Å². The van der Waals surface area contributed by atoms with Crippen molar-refractivity contribution in [2.24, 2.45) is 0 Å². The topological polar surface area (TPSA) is 78.9 Å². The maximum absolute atomic E-state index is 12.3. The number of piperidine rings is 1. The number of hydrogen-bond acceptors (Lipinski definition) is 4. The van der Waals surface area contributed by atoms with Crippen LogP contribution in [0.4, 0.5) is 0 Å². The molecule has 0 aliphatic carbocycles. The first-order valence-electron chi connectivity index (χ1n) is 6.56. The predicted molar refractivity (Wildman–Crippen MR) is 67.3 cm³/mol. The van der Waals surface area contributed by atoms with Crippen molar-refractivity contribution in [3.8, 4) is 0 Å². The monoisotopic (exact) mass is 278 g/mol. The molecular weight excluding hydrogens is 256 g/mol. The zero-order chi connectivity index (χ0) is 13.2. The zero-order valence-corrected chi connectivity index (χ0v) is 11.5. The molecule has 0 saturated carbocycles. The number of aliphatic hydroxyl groups is 1. The third kappa shape index (κ3) is 3.03. The third-order valence-electron chi connectivity index (χ3n) is 3.77. The minimum absolute atomic E-state index is 0.0860. The van der Waals surface area contributed by atoms with Gasteiger partial charge in [0.15, 0.2) is 0 Å². The van der Waals surface area contributed by atoms with Gasteiger partial charge in [0.25, 0.3) is 10.2 Å². The second kappa shape index (κ2) is 5.83. The quantitative estimate of drug-likeness (QED) is 0.749. The molecule has 6 nitrogen and oxygen atoms in total. The van der Waals surface area contributed by atoms with E-state index in [-0.39, 0.29) is 24.8 Å². The van der Waals surface area contributed by atoms with Crippen LogP contribution in [0.25, 0.3) is 0 Å². The summed E-state index contributed by atoms with van der Waals surface area (Å²) in [5.74, 6) is 0. The zero-order valence-electron chi connectivity index (χ0n) is 10.7. The first kappa shape index (κ1) is 14.2. The molecule has 7 heteroatoms. The van der Waals surface area contributed by atoms with Gasteiger partial charge < -0.3 is 9.84 Å². The Morgan fingerprint density at radius 2 is 2.17 bits per heavy atom. The van der Waals surface area contributed by atoms with Gasteiger partial charge in [0.05, 0.1) is 18.8 Å². The van der Waals surface area contributed by atoms with Crippen LogP contribution in [0.3, 0.4) is 0 Å². The van der Waals surface area contributed by atoms with Gasteiger partial charge in [-0.15, -0.1) is 0 Å². The van der Waals surface area contributed by atoms with Crippen LogP contribution < -0.4 is 4.72 Å². The van der Waals surface area contributed by atoms with Crippen LogP contribution >= 0.6 is 0 Å². The summed E-state index contributed by atoms with van der Waals surface area (Å²) in [4.78, 5) is 0. The van der Waals surface area contributed by atoms with Gasteiger partial charge >= 0.3 is 0 Å². The van der Waals surface area contributed by atoms with Crippen molar-refractivity contribution < 1.29 is 18.3 Å². The molecule has 2 heterocycles. The van der Waals surface area contributed by atoms with E-state index in [4.69, 9.17) is 4.74 Å². The Hall–Kier alpha value is -0.210. The molecule has 0 aromatic heterocycles. The number of aliphatic hydroxyl groups excluding tert-OH is 1. The van der Waals surface area contributed by atoms with Crippen molar-refractivity contribution >= 4 is 10.2 Å². The van der Waals surface area contributed by atoms with E-state index in [0.29, 0.717) is 19.6 Å². The van der Waals surface area contributed by atoms with Crippen molar-refractivity contribution in [1.29, 1.82) is 0 Å². The molecule has 2 aliphatic heterocycles. The fraction of sp³-hybridized carbons (Fsp3) is 1.00. The summed E-state index contributed by atoms with van der Waals surface area (Å²) in [6.45, 7) is 2.85. The molecule has 3 atom stereocenters. The summed E-state index contributed by atoms with van der Waals surface area (Å²) in [7, 11) is -3.52. The van der Waals surface area contributed by atoms with Crippen molar-refractivity contribution in [2.45, 2.75) is 50.8 Å². The van der Waals surface area contributed by atoms with Gasteiger partial charge in [0.2, 0.25) is 0 Å². The van der Waals surface area contributed by atoms with Gasteiger partial charge in [-0.25, -0.2) is 0 Å². The van der Waals surface area contributed by atoms with E-state index in [1.54, 1.807) is 0 Å². The van der Waals surface area contributed by atoms with Gasteiger partial charge in [-0.05, 0) is 26.2 Å². The summed E-state index contributed by atoms with van der Waals surface area (Å²) >= 11 is 0. The lowest BCUT2D eigenvalue weighted by Gasteiger charge is -2.34. The second-order valence-corrected chi connectivity index (χ2v) is 6.69. The van der Waals surface area contributed by atoms with Crippen LogP contribution in [0.5, 0.6) is 0 Å². The molecule has 0 radical (unpaired) electrons. The average Bonchev–Trinajstić information content (AvgIpc) is 2.74. The smallest absolute Gasteiger partial charge is 0.280 e. The average molecular weight is 278 g/mol. The van der Waals surface area contributed by atoms with Gasteiger partial charge in [0.1, 0.15) is 0 Å². The summed E-state index contributed by atoms with van der Waals surface area (Å²) in [5, 5.41) is 9.28.